The van der Waals surface area contributed by atoms with Gasteiger partial charge < -0.3 is 10.0 Å². The van der Waals surface area contributed by atoms with Crippen LogP contribution in [0.4, 0.5) is 0 Å². The van der Waals surface area contributed by atoms with Crippen LogP contribution in [0.3, 0.4) is 0 Å². The Morgan fingerprint density at radius 2 is 1.74 bits per heavy atom. The summed E-state index contributed by atoms with van der Waals surface area (Å²) >= 11 is 12.6. The van der Waals surface area contributed by atoms with E-state index >= 15 is 0 Å². The van der Waals surface area contributed by atoms with Gasteiger partial charge in [-0.25, -0.2) is 13.1 Å². The lowest BCUT2D eigenvalue weighted by atomic mass is 9.66. The Bertz CT molecular complexity index is 1270. The number of carboxylic acid groups (broad SMARTS) is 1. The maximum absolute atomic E-state index is 14.3. The van der Waals surface area contributed by atoms with E-state index in [2.05, 4.69) is 4.72 Å². The summed E-state index contributed by atoms with van der Waals surface area (Å²) in [5.74, 6) is -1.70. The van der Waals surface area contributed by atoms with E-state index in [9.17, 15) is 23.1 Å². The Labute approximate surface area is 235 Å². The fourth-order valence-corrected chi connectivity index (χ4v) is 6.78. The number of halogens is 2. The number of amides is 1. The second-order valence-corrected chi connectivity index (χ2v) is 13.8. The molecule has 0 aromatic heterocycles. The monoisotopic (exact) mass is 582 g/mol. The standard InChI is InChI=1S/C28H36Cl2N2O5S/c1-6-24(18(4)31-38(36,37)17(2)3)32-26(19-10-12-21(29)13-11-19)23(20-8-7-9-22(30)14-20)15-28(5,27(32)35)16-25(33)34/h7-14,17-18,23-24,26,31H,6,15-16H2,1-5H3,(H,33,34)/t18?,23-,24?,26-,28-/m1/s1. The number of hydrogen-bond acceptors (Lipinski definition) is 4. The maximum atomic E-state index is 14.3. The minimum atomic E-state index is -3.63. The van der Waals surface area contributed by atoms with Gasteiger partial charge in [-0.2, -0.15) is 0 Å². The summed E-state index contributed by atoms with van der Waals surface area (Å²) in [5, 5.41) is 10.2. The number of carboxylic acids is 1. The van der Waals surface area contributed by atoms with Crippen LogP contribution in [-0.2, 0) is 19.6 Å². The zero-order chi connectivity index (χ0) is 28.4. The lowest BCUT2D eigenvalue weighted by Gasteiger charge is -2.53. The van der Waals surface area contributed by atoms with Crippen molar-refractivity contribution in [3.8, 4) is 0 Å². The number of piperidine rings is 1. The molecule has 1 amide bonds. The van der Waals surface area contributed by atoms with Gasteiger partial charge in [-0.05, 0) is 69.0 Å². The Morgan fingerprint density at radius 1 is 1.11 bits per heavy atom. The van der Waals surface area contributed by atoms with Crippen molar-refractivity contribution >= 4 is 45.1 Å². The van der Waals surface area contributed by atoms with E-state index in [1.54, 1.807) is 50.8 Å². The first-order valence-corrected chi connectivity index (χ1v) is 15.1. The molecule has 1 heterocycles. The molecule has 1 aliphatic heterocycles. The van der Waals surface area contributed by atoms with E-state index in [4.69, 9.17) is 23.2 Å². The first-order valence-electron chi connectivity index (χ1n) is 12.8. The van der Waals surface area contributed by atoms with Crippen LogP contribution in [0.1, 0.15) is 77.0 Å². The molecule has 10 heteroatoms. The molecule has 0 aliphatic carbocycles. The highest BCUT2D eigenvalue weighted by molar-refractivity contribution is 7.90. The van der Waals surface area contributed by atoms with E-state index in [0.717, 1.165) is 11.1 Å². The molecule has 2 aromatic carbocycles. The van der Waals surface area contributed by atoms with E-state index in [0.29, 0.717) is 16.5 Å². The van der Waals surface area contributed by atoms with Gasteiger partial charge in [0.1, 0.15) is 0 Å². The Balaban J connectivity index is 2.25. The Kier molecular flexibility index (Phi) is 9.56. The predicted molar refractivity (Wildman–Crippen MR) is 151 cm³/mol. The molecule has 0 saturated carbocycles. The second-order valence-electron chi connectivity index (χ2n) is 10.7. The van der Waals surface area contributed by atoms with Crippen LogP contribution in [0.15, 0.2) is 48.5 Å². The zero-order valence-electron chi connectivity index (χ0n) is 22.3. The number of sulfonamides is 1. The highest BCUT2D eigenvalue weighted by Gasteiger charge is 2.53. The van der Waals surface area contributed by atoms with Crippen molar-refractivity contribution in [3.05, 3.63) is 69.7 Å². The van der Waals surface area contributed by atoms with Crippen molar-refractivity contribution in [3.63, 3.8) is 0 Å². The third-order valence-corrected chi connectivity index (χ3v) is 9.88. The number of nitrogens with zero attached hydrogens (tertiary/aromatic N) is 1. The third kappa shape index (κ3) is 6.53. The number of likely N-dealkylation sites (tertiary alicyclic amines) is 1. The van der Waals surface area contributed by atoms with Gasteiger partial charge in [0.25, 0.3) is 0 Å². The largest absolute Gasteiger partial charge is 0.481 e. The van der Waals surface area contributed by atoms with E-state index in [1.807, 2.05) is 37.3 Å². The lowest BCUT2D eigenvalue weighted by molar-refractivity contribution is -0.161. The number of rotatable bonds is 10. The predicted octanol–water partition coefficient (Wildman–Crippen LogP) is 6.03. The van der Waals surface area contributed by atoms with Gasteiger partial charge in [-0.15, -0.1) is 0 Å². The highest BCUT2D eigenvalue weighted by atomic mass is 35.5. The quantitative estimate of drug-likeness (QED) is 0.356. The normalized spacial score (nSPS) is 23.9. The van der Waals surface area contributed by atoms with E-state index < -0.39 is 44.8 Å². The van der Waals surface area contributed by atoms with Crippen molar-refractivity contribution in [2.24, 2.45) is 5.41 Å². The van der Waals surface area contributed by atoms with Crippen LogP contribution < -0.4 is 4.72 Å². The molecule has 1 fully saturated rings. The van der Waals surface area contributed by atoms with Crippen molar-refractivity contribution in [1.82, 2.24) is 9.62 Å². The highest BCUT2D eigenvalue weighted by Crippen LogP contribution is 2.52. The van der Waals surface area contributed by atoms with E-state index in [1.165, 1.54) is 0 Å². The molecule has 0 radical (unpaired) electrons. The van der Waals surface area contributed by atoms with Crippen molar-refractivity contribution in [2.75, 3.05) is 0 Å². The third-order valence-electron chi connectivity index (χ3n) is 7.46. The SMILES string of the molecule is CCC(C(C)NS(=O)(=O)C(C)C)N1C(=O)[C@@](C)(CC(=O)O)C[C@H](c2cccc(Cl)c2)[C@H]1c1ccc(Cl)cc1. The molecule has 3 rings (SSSR count). The molecule has 7 nitrogen and oxygen atoms in total. The Morgan fingerprint density at radius 3 is 2.26 bits per heavy atom. The van der Waals surface area contributed by atoms with Crippen LogP contribution >= 0.6 is 23.2 Å². The molecule has 1 saturated heterocycles. The fraction of sp³-hybridized carbons (Fsp3) is 0.500. The number of aliphatic carboxylic acids is 1. The summed E-state index contributed by atoms with van der Waals surface area (Å²) in [6.07, 6.45) is 0.378. The molecule has 1 aliphatic rings. The number of carbonyl (C=O) groups is 2. The summed E-state index contributed by atoms with van der Waals surface area (Å²) in [7, 11) is -3.63. The van der Waals surface area contributed by atoms with Crippen molar-refractivity contribution in [2.45, 2.75) is 83.2 Å². The number of benzene rings is 2. The topological polar surface area (TPSA) is 104 Å². The van der Waals surface area contributed by atoms with Gasteiger partial charge in [-0.1, -0.05) is 61.3 Å². The Hall–Kier alpha value is -2.13. The van der Waals surface area contributed by atoms with Gasteiger partial charge in [0.15, 0.2) is 0 Å². The van der Waals surface area contributed by atoms with Crippen LogP contribution in [0.2, 0.25) is 10.0 Å². The minimum Gasteiger partial charge on any atom is -0.481 e. The van der Waals surface area contributed by atoms with Gasteiger partial charge >= 0.3 is 5.97 Å². The maximum Gasteiger partial charge on any atom is 0.304 e. The number of nitrogens with one attached hydrogen (secondary N) is 1. The summed E-state index contributed by atoms with van der Waals surface area (Å²) in [5.41, 5.74) is 0.477. The average molecular weight is 584 g/mol. The van der Waals surface area contributed by atoms with Crippen LogP contribution in [0.5, 0.6) is 0 Å². The first-order chi connectivity index (χ1) is 17.7. The molecule has 0 bridgehead atoms. The summed E-state index contributed by atoms with van der Waals surface area (Å²) in [6.45, 7) is 8.52. The average Bonchev–Trinajstić information content (AvgIpc) is 2.82. The number of carbonyl (C=O) groups excluding carboxylic acids is 1. The zero-order valence-corrected chi connectivity index (χ0v) is 24.6. The molecule has 38 heavy (non-hydrogen) atoms. The number of hydrogen-bond donors (Lipinski definition) is 2. The smallest absolute Gasteiger partial charge is 0.304 e. The van der Waals surface area contributed by atoms with Crippen molar-refractivity contribution < 1.29 is 23.1 Å². The summed E-state index contributed by atoms with van der Waals surface area (Å²) in [4.78, 5) is 28.0. The molecule has 0 spiro atoms. The van der Waals surface area contributed by atoms with Crippen molar-refractivity contribution in [1.29, 1.82) is 0 Å². The lowest BCUT2D eigenvalue weighted by Crippen LogP contribution is -2.60. The van der Waals surface area contributed by atoms with Crippen LogP contribution in [0.25, 0.3) is 0 Å². The fourth-order valence-electron chi connectivity index (χ4n) is 5.51. The molecule has 5 atom stereocenters. The van der Waals surface area contributed by atoms with Crippen LogP contribution in [-0.4, -0.2) is 47.6 Å². The van der Waals surface area contributed by atoms with Gasteiger partial charge in [0, 0.05) is 28.0 Å². The summed E-state index contributed by atoms with van der Waals surface area (Å²) in [6, 6.07) is 12.9. The molecule has 208 valence electrons. The van der Waals surface area contributed by atoms with Gasteiger partial charge in [-0.3, -0.25) is 9.59 Å². The van der Waals surface area contributed by atoms with Gasteiger partial charge in [0.05, 0.1) is 23.1 Å². The van der Waals surface area contributed by atoms with Gasteiger partial charge in [0.2, 0.25) is 15.9 Å². The molecule has 2 N–H and O–H groups in total. The minimum absolute atomic E-state index is 0.283. The van der Waals surface area contributed by atoms with E-state index in [-0.39, 0.29) is 24.7 Å². The second kappa shape index (κ2) is 11.9. The molecular formula is C28H36Cl2N2O5S. The molecule has 2 aromatic rings. The first kappa shape index (κ1) is 30.4. The molecule has 2 unspecified atom stereocenters. The molecular weight excluding hydrogens is 547 g/mol. The van der Waals surface area contributed by atoms with Crippen LogP contribution in [0, 0.1) is 5.41 Å². The summed E-state index contributed by atoms with van der Waals surface area (Å²) < 4.78 is 28.3.